The molecule has 2 aromatic carbocycles. The third-order valence-corrected chi connectivity index (χ3v) is 2.11. The van der Waals surface area contributed by atoms with Crippen LogP contribution in [0.5, 0.6) is 5.75 Å². The number of hydrogen-bond donors (Lipinski definition) is 0. The van der Waals surface area contributed by atoms with Crippen molar-refractivity contribution in [3.8, 4) is 5.75 Å². The van der Waals surface area contributed by atoms with Crippen molar-refractivity contribution in [3.63, 3.8) is 0 Å². The van der Waals surface area contributed by atoms with Crippen LogP contribution < -0.4 is 4.74 Å². The second-order valence-corrected chi connectivity index (χ2v) is 3.08. The lowest BCUT2D eigenvalue weighted by Crippen LogP contribution is -1.92. The lowest BCUT2D eigenvalue weighted by Gasteiger charge is -2.06. The fourth-order valence-corrected chi connectivity index (χ4v) is 1.47. The second kappa shape index (κ2) is 3.97. The van der Waals surface area contributed by atoms with Crippen molar-refractivity contribution in [3.05, 3.63) is 55.1 Å². The van der Waals surface area contributed by atoms with Crippen LogP contribution in [0, 0.1) is 0 Å². The number of benzene rings is 2. The van der Waals surface area contributed by atoms with Crippen molar-refractivity contribution in [2.45, 2.75) is 0 Å². The summed E-state index contributed by atoms with van der Waals surface area (Å²) in [7, 11) is 0. The Bertz CT molecular complexity index is 440. The summed E-state index contributed by atoms with van der Waals surface area (Å²) in [5.41, 5.74) is 0. The Labute approximate surface area is 83.6 Å². The van der Waals surface area contributed by atoms with Crippen LogP contribution in [-0.4, -0.2) is 6.61 Å². The largest absolute Gasteiger partial charge is 0.489 e. The summed E-state index contributed by atoms with van der Waals surface area (Å²) in [6, 6.07) is 14.2. The third-order valence-electron chi connectivity index (χ3n) is 2.11. The molecule has 0 bridgehead atoms. The monoisotopic (exact) mass is 184 g/mol. The van der Waals surface area contributed by atoms with Crippen LogP contribution in [0.4, 0.5) is 0 Å². The maximum Gasteiger partial charge on any atom is 0.127 e. The lowest BCUT2D eigenvalue weighted by molar-refractivity contribution is 0.367. The molecular weight excluding hydrogens is 172 g/mol. The van der Waals surface area contributed by atoms with Gasteiger partial charge in [-0.3, -0.25) is 0 Å². The van der Waals surface area contributed by atoms with Crippen LogP contribution in [0.3, 0.4) is 0 Å². The van der Waals surface area contributed by atoms with E-state index in [1.807, 2.05) is 24.3 Å². The van der Waals surface area contributed by atoms with Gasteiger partial charge in [0, 0.05) is 5.39 Å². The fourth-order valence-electron chi connectivity index (χ4n) is 1.47. The molecule has 0 saturated heterocycles. The molecule has 0 fully saturated rings. The Hall–Kier alpha value is -1.76. The number of hydrogen-bond acceptors (Lipinski definition) is 1. The van der Waals surface area contributed by atoms with Crippen molar-refractivity contribution >= 4 is 10.8 Å². The van der Waals surface area contributed by atoms with Crippen molar-refractivity contribution in [2.75, 3.05) is 6.61 Å². The highest BCUT2D eigenvalue weighted by Gasteiger charge is 1.98. The molecule has 1 heteroatoms. The molecule has 2 aromatic rings. The van der Waals surface area contributed by atoms with Gasteiger partial charge in [0.05, 0.1) is 0 Å². The Morgan fingerprint density at radius 1 is 1.07 bits per heavy atom. The van der Waals surface area contributed by atoms with Crippen LogP contribution in [0.25, 0.3) is 10.8 Å². The van der Waals surface area contributed by atoms with Crippen molar-refractivity contribution in [1.82, 2.24) is 0 Å². The first-order valence-corrected chi connectivity index (χ1v) is 4.63. The summed E-state index contributed by atoms with van der Waals surface area (Å²) in [5.74, 6) is 0.919. The van der Waals surface area contributed by atoms with Gasteiger partial charge in [0.1, 0.15) is 12.4 Å². The van der Waals surface area contributed by atoms with Crippen LogP contribution >= 0.6 is 0 Å². The zero-order valence-corrected chi connectivity index (χ0v) is 7.94. The molecule has 0 unspecified atom stereocenters. The van der Waals surface area contributed by atoms with E-state index in [1.54, 1.807) is 6.08 Å². The maximum atomic E-state index is 5.55. The summed E-state index contributed by atoms with van der Waals surface area (Å²) in [6.45, 7) is 4.18. The molecule has 0 atom stereocenters. The number of fused-ring (bicyclic) bond motifs is 1. The zero-order valence-electron chi connectivity index (χ0n) is 7.94. The van der Waals surface area contributed by atoms with E-state index in [1.165, 1.54) is 5.39 Å². The lowest BCUT2D eigenvalue weighted by atomic mass is 10.1. The van der Waals surface area contributed by atoms with Gasteiger partial charge in [-0.25, -0.2) is 0 Å². The van der Waals surface area contributed by atoms with Crippen LogP contribution in [0.1, 0.15) is 0 Å². The van der Waals surface area contributed by atoms with E-state index < -0.39 is 0 Å². The van der Waals surface area contributed by atoms with Gasteiger partial charge >= 0.3 is 0 Å². The predicted octanol–water partition coefficient (Wildman–Crippen LogP) is 3.40. The first-order chi connectivity index (χ1) is 6.92. The minimum atomic E-state index is 0.550. The normalized spacial score (nSPS) is 10.0. The van der Waals surface area contributed by atoms with Gasteiger partial charge in [0.25, 0.3) is 0 Å². The van der Waals surface area contributed by atoms with Crippen molar-refractivity contribution in [2.24, 2.45) is 0 Å². The molecule has 2 rings (SSSR count). The van der Waals surface area contributed by atoms with Gasteiger partial charge in [-0.05, 0) is 11.5 Å². The highest BCUT2D eigenvalue weighted by Crippen LogP contribution is 2.24. The van der Waals surface area contributed by atoms with Gasteiger partial charge in [-0.15, -0.1) is 0 Å². The zero-order chi connectivity index (χ0) is 9.80. The molecule has 1 nitrogen and oxygen atoms in total. The summed E-state index contributed by atoms with van der Waals surface area (Å²) >= 11 is 0. The molecule has 0 aliphatic rings. The highest BCUT2D eigenvalue weighted by atomic mass is 16.5. The quantitative estimate of drug-likeness (QED) is 0.664. The smallest absolute Gasteiger partial charge is 0.127 e. The van der Waals surface area contributed by atoms with Crippen LogP contribution in [0.2, 0.25) is 0 Å². The average molecular weight is 184 g/mol. The molecule has 0 N–H and O–H groups in total. The molecular formula is C13H12O. The first kappa shape index (κ1) is 8.82. The molecule has 0 spiro atoms. The van der Waals surface area contributed by atoms with E-state index in [0.29, 0.717) is 6.61 Å². The summed E-state index contributed by atoms with van der Waals surface area (Å²) in [6.07, 6.45) is 1.75. The van der Waals surface area contributed by atoms with Crippen LogP contribution in [0.15, 0.2) is 55.1 Å². The first-order valence-electron chi connectivity index (χ1n) is 4.63. The molecule has 0 radical (unpaired) electrons. The summed E-state index contributed by atoms with van der Waals surface area (Å²) in [4.78, 5) is 0. The summed E-state index contributed by atoms with van der Waals surface area (Å²) in [5, 5.41) is 2.35. The third kappa shape index (κ3) is 1.62. The molecule has 0 aromatic heterocycles. The van der Waals surface area contributed by atoms with E-state index in [0.717, 1.165) is 11.1 Å². The maximum absolute atomic E-state index is 5.55. The van der Waals surface area contributed by atoms with E-state index in [2.05, 4.69) is 24.8 Å². The number of ether oxygens (including phenoxy) is 1. The second-order valence-electron chi connectivity index (χ2n) is 3.08. The van der Waals surface area contributed by atoms with Gasteiger partial charge in [-0.2, -0.15) is 0 Å². The van der Waals surface area contributed by atoms with Crippen molar-refractivity contribution in [1.29, 1.82) is 0 Å². The van der Waals surface area contributed by atoms with E-state index >= 15 is 0 Å². The molecule has 0 heterocycles. The molecule has 70 valence electrons. The molecule has 0 amide bonds. The standard InChI is InChI=1S/C13H12O/c1-2-10-14-13-9-5-7-11-6-3-4-8-12(11)13/h2-9H,1,10H2. The number of rotatable bonds is 3. The minimum Gasteiger partial charge on any atom is -0.489 e. The molecule has 14 heavy (non-hydrogen) atoms. The average Bonchev–Trinajstić information content (AvgIpc) is 2.26. The highest BCUT2D eigenvalue weighted by molar-refractivity contribution is 5.88. The van der Waals surface area contributed by atoms with Gasteiger partial charge in [0.2, 0.25) is 0 Å². The SMILES string of the molecule is C=CCOc1cccc2ccccc12. The molecule has 0 saturated carbocycles. The van der Waals surface area contributed by atoms with Crippen molar-refractivity contribution < 1.29 is 4.74 Å². The van der Waals surface area contributed by atoms with Crippen LogP contribution in [-0.2, 0) is 0 Å². The van der Waals surface area contributed by atoms with Gasteiger partial charge in [-0.1, -0.05) is 49.1 Å². The minimum absolute atomic E-state index is 0.550. The molecule has 0 aliphatic carbocycles. The predicted molar refractivity (Wildman–Crippen MR) is 59.6 cm³/mol. The fraction of sp³-hybridized carbons (Fsp3) is 0.0769. The Kier molecular flexibility index (Phi) is 2.50. The van der Waals surface area contributed by atoms with Gasteiger partial charge in [0.15, 0.2) is 0 Å². The Morgan fingerprint density at radius 2 is 1.86 bits per heavy atom. The summed E-state index contributed by atoms with van der Waals surface area (Å²) < 4.78 is 5.55. The molecule has 0 aliphatic heterocycles. The van der Waals surface area contributed by atoms with Gasteiger partial charge < -0.3 is 4.74 Å². The van der Waals surface area contributed by atoms with E-state index in [4.69, 9.17) is 4.74 Å². The van der Waals surface area contributed by atoms with E-state index in [-0.39, 0.29) is 0 Å². The topological polar surface area (TPSA) is 9.23 Å². The van der Waals surface area contributed by atoms with E-state index in [9.17, 15) is 0 Å². The Morgan fingerprint density at radius 3 is 2.71 bits per heavy atom. The Balaban J connectivity index is 2.48.